The van der Waals surface area contributed by atoms with Gasteiger partial charge in [0.1, 0.15) is 5.75 Å². The third-order valence-electron chi connectivity index (χ3n) is 1.90. The van der Waals surface area contributed by atoms with E-state index >= 15 is 0 Å². The lowest BCUT2D eigenvalue weighted by atomic mass is 10.0. The van der Waals surface area contributed by atoms with Gasteiger partial charge in [-0.1, -0.05) is 76.8 Å². The topological polar surface area (TPSA) is 20.2 Å². The number of phenolic OH excluding ortho intramolecular Hbond substituents is 1. The first kappa shape index (κ1) is 18.6. The Morgan fingerprint density at radius 3 is 2.11 bits per heavy atom. The van der Waals surface area contributed by atoms with Crippen molar-refractivity contribution in [3.05, 3.63) is 60.7 Å². The molecule has 1 aromatic carbocycles. The molecule has 18 heavy (non-hydrogen) atoms. The Hall–Kier alpha value is -1.76. The lowest BCUT2D eigenvalue weighted by molar-refractivity contribution is 0.474. The van der Waals surface area contributed by atoms with Crippen molar-refractivity contribution in [1.29, 1.82) is 0 Å². The van der Waals surface area contributed by atoms with Gasteiger partial charge in [0, 0.05) is 5.56 Å². The summed E-state index contributed by atoms with van der Waals surface area (Å²) in [7, 11) is 0. The van der Waals surface area contributed by atoms with E-state index in [1.54, 1.807) is 18.2 Å². The minimum absolute atomic E-state index is 0.281. The normalized spacial score (nSPS) is 9.94. The van der Waals surface area contributed by atoms with Crippen LogP contribution in [0.1, 0.15) is 40.2 Å². The molecule has 100 valence electrons. The van der Waals surface area contributed by atoms with Crippen molar-refractivity contribution in [1.82, 2.24) is 0 Å². The zero-order valence-electron chi connectivity index (χ0n) is 12.3. The largest absolute Gasteiger partial charge is 0.507 e. The van der Waals surface area contributed by atoms with Crippen LogP contribution in [0.4, 0.5) is 0 Å². The first-order valence-electron chi connectivity index (χ1n) is 6.53. The minimum atomic E-state index is 0.281. The Morgan fingerprint density at radius 2 is 1.67 bits per heavy atom. The molecule has 0 aromatic heterocycles. The van der Waals surface area contributed by atoms with Gasteiger partial charge < -0.3 is 5.11 Å². The molecule has 0 radical (unpaired) electrons. The molecule has 0 atom stereocenters. The predicted molar refractivity (Wildman–Crippen MR) is 83.8 cm³/mol. The number of allylic oxidation sites excluding steroid dienone is 5. The maximum absolute atomic E-state index is 9.60. The third kappa shape index (κ3) is 6.74. The minimum Gasteiger partial charge on any atom is -0.507 e. The number of hydrogen-bond acceptors (Lipinski definition) is 1. The standard InChI is InChI=1S/C13H14O.2C2H6/c1-3-5-8-11(4-2)12-9-6-7-10-13(12)14;2*1-2/h3-10,14H,2H2,1H3;2*1-2H3/b5-3-,11-8+;;. The number of benzene rings is 1. The fraction of sp³-hybridized carbons (Fsp3) is 0.294. The fourth-order valence-corrected chi connectivity index (χ4v) is 1.19. The molecule has 0 bridgehead atoms. The van der Waals surface area contributed by atoms with Crippen LogP contribution < -0.4 is 0 Å². The van der Waals surface area contributed by atoms with Crippen LogP contribution in [-0.2, 0) is 0 Å². The summed E-state index contributed by atoms with van der Waals surface area (Å²) in [6.07, 6.45) is 7.50. The monoisotopic (exact) mass is 246 g/mol. The lowest BCUT2D eigenvalue weighted by Crippen LogP contribution is -1.80. The Balaban J connectivity index is 0. The van der Waals surface area contributed by atoms with Crippen molar-refractivity contribution >= 4 is 5.57 Å². The van der Waals surface area contributed by atoms with Gasteiger partial charge in [-0.3, -0.25) is 0 Å². The molecule has 0 aliphatic carbocycles. The average molecular weight is 246 g/mol. The van der Waals surface area contributed by atoms with Crippen LogP contribution in [0.15, 0.2) is 55.1 Å². The number of rotatable bonds is 3. The van der Waals surface area contributed by atoms with E-state index in [0.29, 0.717) is 0 Å². The fourth-order valence-electron chi connectivity index (χ4n) is 1.19. The molecule has 0 spiro atoms. The van der Waals surface area contributed by atoms with Crippen molar-refractivity contribution in [3.63, 3.8) is 0 Å². The van der Waals surface area contributed by atoms with E-state index in [-0.39, 0.29) is 5.75 Å². The molecule has 0 fully saturated rings. The molecule has 0 saturated heterocycles. The molecule has 1 aromatic rings. The van der Waals surface area contributed by atoms with Crippen molar-refractivity contribution in [2.24, 2.45) is 0 Å². The summed E-state index contributed by atoms with van der Waals surface area (Å²) in [6.45, 7) is 13.7. The molecule has 1 rings (SSSR count). The summed E-state index contributed by atoms with van der Waals surface area (Å²) < 4.78 is 0. The van der Waals surface area contributed by atoms with Crippen molar-refractivity contribution in [3.8, 4) is 5.75 Å². The van der Waals surface area contributed by atoms with Gasteiger partial charge in [-0.15, -0.1) is 0 Å². The van der Waals surface area contributed by atoms with E-state index in [0.717, 1.165) is 11.1 Å². The predicted octanol–water partition coefficient (Wildman–Crippen LogP) is 5.59. The van der Waals surface area contributed by atoms with Crippen molar-refractivity contribution in [2.75, 3.05) is 0 Å². The van der Waals surface area contributed by atoms with Gasteiger partial charge in [-0.05, 0) is 18.6 Å². The van der Waals surface area contributed by atoms with Gasteiger partial charge in [0.05, 0.1) is 0 Å². The quantitative estimate of drug-likeness (QED) is 0.689. The maximum Gasteiger partial charge on any atom is 0.123 e. The summed E-state index contributed by atoms with van der Waals surface area (Å²) in [4.78, 5) is 0. The number of phenols is 1. The molecular weight excluding hydrogens is 220 g/mol. The second kappa shape index (κ2) is 13.3. The van der Waals surface area contributed by atoms with E-state index in [2.05, 4.69) is 6.58 Å². The van der Waals surface area contributed by atoms with Crippen LogP contribution in [0.5, 0.6) is 5.75 Å². The Morgan fingerprint density at radius 1 is 1.11 bits per heavy atom. The number of hydrogen-bond donors (Lipinski definition) is 1. The van der Waals surface area contributed by atoms with Gasteiger partial charge in [0.25, 0.3) is 0 Å². The highest BCUT2D eigenvalue weighted by Gasteiger charge is 2.01. The van der Waals surface area contributed by atoms with Gasteiger partial charge in [-0.2, -0.15) is 0 Å². The van der Waals surface area contributed by atoms with Crippen molar-refractivity contribution < 1.29 is 5.11 Å². The molecule has 1 heteroatoms. The molecule has 1 nitrogen and oxygen atoms in total. The van der Waals surface area contributed by atoms with E-state index in [9.17, 15) is 5.11 Å². The Labute approximate surface area is 112 Å². The molecule has 0 heterocycles. The third-order valence-corrected chi connectivity index (χ3v) is 1.90. The van der Waals surface area contributed by atoms with Gasteiger partial charge in [0.15, 0.2) is 0 Å². The smallest absolute Gasteiger partial charge is 0.123 e. The summed E-state index contributed by atoms with van der Waals surface area (Å²) in [5.41, 5.74) is 1.72. The molecule has 0 unspecified atom stereocenters. The summed E-state index contributed by atoms with van der Waals surface area (Å²) in [5, 5.41) is 9.60. The first-order valence-corrected chi connectivity index (χ1v) is 6.53. The number of aromatic hydroxyl groups is 1. The molecule has 0 aliphatic rings. The molecule has 1 N–H and O–H groups in total. The zero-order valence-corrected chi connectivity index (χ0v) is 12.3. The SMILES string of the molecule is C=C/C(=C\C=C/C)c1ccccc1O.CC.CC. The molecule has 0 amide bonds. The summed E-state index contributed by atoms with van der Waals surface area (Å²) in [6, 6.07) is 7.23. The van der Waals surface area contributed by atoms with Crippen LogP contribution in [0.2, 0.25) is 0 Å². The molecule has 0 saturated carbocycles. The average Bonchev–Trinajstić information content (AvgIpc) is 2.46. The Kier molecular flexibility index (Phi) is 13.7. The van der Waals surface area contributed by atoms with Crippen molar-refractivity contribution in [2.45, 2.75) is 34.6 Å². The lowest BCUT2D eigenvalue weighted by Gasteiger charge is -2.03. The highest BCUT2D eigenvalue weighted by atomic mass is 16.3. The Bertz CT molecular complexity index is 373. The van der Waals surface area contributed by atoms with E-state index in [1.807, 2.05) is 65.0 Å². The molecular formula is C17H26O. The summed E-state index contributed by atoms with van der Waals surface area (Å²) in [5.74, 6) is 0.281. The van der Waals surface area contributed by atoms with Gasteiger partial charge >= 0.3 is 0 Å². The highest BCUT2D eigenvalue weighted by molar-refractivity contribution is 5.78. The van der Waals surface area contributed by atoms with E-state index < -0.39 is 0 Å². The van der Waals surface area contributed by atoms with Crippen LogP contribution >= 0.6 is 0 Å². The van der Waals surface area contributed by atoms with Gasteiger partial charge in [0.2, 0.25) is 0 Å². The summed E-state index contributed by atoms with van der Waals surface area (Å²) >= 11 is 0. The van der Waals surface area contributed by atoms with Crippen LogP contribution in [-0.4, -0.2) is 5.11 Å². The highest BCUT2D eigenvalue weighted by Crippen LogP contribution is 2.25. The van der Waals surface area contributed by atoms with Crippen LogP contribution in [0.25, 0.3) is 5.57 Å². The second-order valence-corrected chi connectivity index (χ2v) is 2.87. The van der Waals surface area contributed by atoms with Gasteiger partial charge in [-0.25, -0.2) is 0 Å². The number of para-hydroxylation sites is 1. The second-order valence-electron chi connectivity index (χ2n) is 2.87. The van der Waals surface area contributed by atoms with Crippen LogP contribution in [0, 0.1) is 0 Å². The zero-order chi connectivity index (χ0) is 14.4. The van der Waals surface area contributed by atoms with E-state index in [1.165, 1.54) is 0 Å². The first-order chi connectivity index (χ1) is 8.79. The van der Waals surface area contributed by atoms with E-state index in [4.69, 9.17) is 0 Å². The maximum atomic E-state index is 9.60. The van der Waals surface area contributed by atoms with Crippen LogP contribution in [0.3, 0.4) is 0 Å². The molecule has 0 aliphatic heterocycles.